The van der Waals surface area contributed by atoms with E-state index in [0.717, 1.165) is 13.0 Å². The number of hydrogen-bond donors (Lipinski definition) is 1. The molecule has 80 valence electrons. The Bertz CT molecular complexity index is 352. The van der Waals surface area contributed by atoms with Crippen molar-refractivity contribution in [3.63, 3.8) is 0 Å². The van der Waals surface area contributed by atoms with Gasteiger partial charge in [0.05, 0.1) is 0 Å². The molecule has 0 aliphatic heterocycles. The van der Waals surface area contributed by atoms with Crippen molar-refractivity contribution < 1.29 is 0 Å². The van der Waals surface area contributed by atoms with Gasteiger partial charge in [0.2, 0.25) is 0 Å². The van der Waals surface area contributed by atoms with E-state index in [1.807, 2.05) is 0 Å². The highest BCUT2D eigenvalue weighted by Crippen LogP contribution is 2.23. The fourth-order valence-corrected chi connectivity index (χ4v) is 2.22. The van der Waals surface area contributed by atoms with Gasteiger partial charge in [0.15, 0.2) is 0 Å². The number of rotatable bonds is 4. The lowest BCUT2D eigenvalue weighted by Crippen LogP contribution is -2.02. The highest BCUT2D eigenvalue weighted by Gasteiger charge is 2.07. The maximum absolute atomic E-state index is 5.52. The molecule has 0 bridgehead atoms. The van der Waals surface area contributed by atoms with E-state index in [4.69, 9.17) is 5.73 Å². The van der Waals surface area contributed by atoms with Gasteiger partial charge in [-0.05, 0) is 55.3 Å². The molecule has 0 amide bonds. The Hall–Kier alpha value is -1.08. The van der Waals surface area contributed by atoms with Crippen LogP contribution in [0.2, 0.25) is 0 Å². The lowest BCUT2D eigenvalue weighted by molar-refractivity contribution is 0.742. The van der Waals surface area contributed by atoms with Crippen LogP contribution in [-0.4, -0.2) is 6.54 Å². The van der Waals surface area contributed by atoms with E-state index < -0.39 is 0 Å². The van der Waals surface area contributed by atoms with Crippen molar-refractivity contribution in [3.05, 3.63) is 41.0 Å². The first-order chi connectivity index (χ1) is 7.42. The summed E-state index contributed by atoms with van der Waals surface area (Å²) in [5.74, 6) is 0. The minimum Gasteiger partial charge on any atom is -0.330 e. The SMILES string of the molecule is NCCCCc1cccc2c1C=CCC2. The minimum atomic E-state index is 0.810. The highest BCUT2D eigenvalue weighted by molar-refractivity contribution is 5.60. The van der Waals surface area contributed by atoms with Crippen molar-refractivity contribution in [2.24, 2.45) is 5.73 Å². The maximum atomic E-state index is 5.52. The quantitative estimate of drug-likeness (QED) is 0.745. The summed E-state index contributed by atoms with van der Waals surface area (Å²) in [6, 6.07) is 6.70. The average Bonchev–Trinajstić information content (AvgIpc) is 2.30. The molecule has 1 nitrogen and oxygen atoms in total. The monoisotopic (exact) mass is 201 g/mol. The predicted octanol–water partition coefficient (Wildman–Crippen LogP) is 2.93. The maximum Gasteiger partial charge on any atom is -0.00772 e. The van der Waals surface area contributed by atoms with Crippen LogP contribution in [0.4, 0.5) is 0 Å². The third-order valence-electron chi connectivity index (χ3n) is 3.05. The molecule has 0 aromatic heterocycles. The van der Waals surface area contributed by atoms with Crippen LogP contribution in [0.25, 0.3) is 6.08 Å². The van der Waals surface area contributed by atoms with Crippen LogP contribution in [-0.2, 0) is 12.8 Å². The van der Waals surface area contributed by atoms with Gasteiger partial charge in [-0.15, -0.1) is 0 Å². The van der Waals surface area contributed by atoms with Gasteiger partial charge in [-0.2, -0.15) is 0 Å². The molecule has 2 rings (SSSR count). The Morgan fingerprint density at radius 1 is 1.20 bits per heavy atom. The normalized spacial score (nSPS) is 13.9. The Kier molecular flexibility index (Phi) is 3.57. The number of fused-ring (bicyclic) bond motifs is 1. The van der Waals surface area contributed by atoms with Gasteiger partial charge < -0.3 is 5.73 Å². The molecule has 0 saturated carbocycles. The predicted molar refractivity (Wildman–Crippen MR) is 65.8 cm³/mol. The second-order valence-corrected chi connectivity index (χ2v) is 4.18. The number of hydrogen-bond acceptors (Lipinski definition) is 1. The molecule has 0 atom stereocenters. The van der Waals surface area contributed by atoms with Gasteiger partial charge in [-0.25, -0.2) is 0 Å². The van der Waals surface area contributed by atoms with Crippen molar-refractivity contribution in [1.29, 1.82) is 0 Å². The van der Waals surface area contributed by atoms with Gasteiger partial charge in [-0.1, -0.05) is 30.4 Å². The van der Waals surface area contributed by atoms with E-state index in [1.54, 1.807) is 0 Å². The van der Waals surface area contributed by atoms with Crippen LogP contribution in [0.1, 0.15) is 36.0 Å². The van der Waals surface area contributed by atoms with E-state index in [0.29, 0.717) is 0 Å². The van der Waals surface area contributed by atoms with Gasteiger partial charge in [0.25, 0.3) is 0 Å². The van der Waals surface area contributed by atoms with Crippen molar-refractivity contribution >= 4 is 6.08 Å². The summed E-state index contributed by atoms with van der Waals surface area (Å²) in [6.45, 7) is 0.810. The molecule has 0 heterocycles. The van der Waals surface area contributed by atoms with Gasteiger partial charge in [0, 0.05) is 0 Å². The van der Waals surface area contributed by atoms with Crippen LogP contribution in [0.5, 0.6) is 0 Å². The van der Waals surface area contributed by atoms with E-state index in [-0.39, 0.29) is 0 Å². The van der Waals surface area contributed by atoms with Crippen LogP contribution >= 0.6 is 0 Å². The summed E-state index contributed by atoms with van der Waals surface area (Å²) in [5, 5.41) is 0. The summed E-state index contributed by atoms with van der Waals surface area (Å²) < 4.78 is 0. The molecule has 0 saturated heterocycles. The highest BCUT2D eigenvalue weighted by atomic mass is 14.5. The zero-order chi connectivity index (χ0) is 10.5. The zero-order valence-corrected chi connectivity index (χ0v) is 9.21. The summed E-state index contributed by atoms with van der Waals surface area (Å²) in [5.41, 5.74) is 10.0. The molecule has 2 N–H and O–H groups in total. The number of allylic oxidation sites excluding steroid dienone is 1. The molecule has 0 spiro atoms. The van der Waals surface area contributed by atoms with E-state index >= 15 is 0 Å². The number of unbranched alkanes of at least 4 members (excludes halogenated alkanes) is 1. The lowest BCUT2D eigenvalue weighted by atomic mass is 9.91. The summed E-state index contributed by atoms with van der Waals surface area (Å²) in [7, 11) is 0. The molecular weight excluding hydrogens is 182 g/mol. The molecule has 1 aromatic carbocycles. The summed E-state index contributed by atoms with van der Waals surface area (Å²) in [4.78, 5) is 0. The number of benzene rings is 1. The smallest absolute Gasteiger partial charge is 0.00772 e. The van der Waals surface area contributed by atoms with Gasteiger partial charge in [-0.3, -0.25) is 0 Å². The van der Waals surface area contributed by atoms with Crippen molar-refractivity contribution in [2.45, 2.75) is 32.1 Å². The fourth-order valence-electron chi connectivity index (χ4n) is 2.22. The summed E-state index contributed by atoms with van der Waals surface area (Å²) in [6.07, 6.45) is 10.5. The Balaban J connectivity index is 2.14. The molecule has 1 aromatic rings. The minimum absolute atomic E-state index is 0.810. The third-order valence-corrected chi connectivity index (χ3v) is 3.05. The lowest BCUT2D eigenvalue weighted by Gasteiger charge is -2.14. The standard InChI is InChI=1S/C14H19N/c15-11-4-3-7-13-9-5-8-12-6-1-2-10-14(12)13/h2,5,8-10H,1,3-4,6-7,11,15H2. The van der Waals surface area contributed by atoms with E-state index in [1.165, 1.54) is 42.4 Å². The Morgan fingerprint density at radius 2 is 2.13 bits per heavy atom. The first-order valence-corrected chi connectivity index (χ1v) is 5.89. The van der Waals surface area contributed by atoms with Crippen molar-refractivity contribution in [1.82, 2.24) is 0 Å². The van der Waals surface area contributed by atoms with Crippen LogP contribution in [0.15, 0.2) is 24.3 Å². The first kappa shape index (κ1) is 10.4. The molecule has 0 fully saturated rings. The van der Waals surface area contributed by atoms with Gasteiger partial charge in [0.1, 0.15) is 0 Å². The second-order valence-electron chi connectivity index (χ2n) is 4.18. The molecule has 1 heteroatoms. The Morgan fingerprint density at radius 3 is 3.00 bits per heavy atom. The number of nitrogens with two attached hydrogens (primary N) is 1. The topological polar surface area (TPSA) is 26.0 Å². The molecule has 15 heavy (non-hydrogen) atoms. The van der Waals surface area contributed by atoms with Crippen LogP contribution in [0.3, 0.4) is 0 Å². The number of aryl methyl sites for hydroxylation is 2. The average molecular weight is 201 g/mol. The summed E-state index contributed by atoms with van der Waals surface area (Å²) >= 11 is 0. The van der Waals surface area contributed by atoms with Crippen molar-refractivity contribution in [3.8, 4) is 0 Å². The largest absolute Gasteiger partial charge is 0.330 e. The second kappa shape index (κ2) is 5.13. The molecule has 1 aliphatic carbocycles. The first-order valence-electron chi connectivity index (χ1n) is 5.89. The molecule has 0 radical (unpaired) electrons. The van der Waals surface area contributed by atoms with E-state index in [9.17, 15) is 0 Å². The van der Waals surface area contributed by atoms with Crippen LogP contribution < -0.4 is 5.73 Å². The zero-order valence-electron chi connectivity index (χ0n) is 9.21. The van der Waals surface area contributed by atoms with Gasteiger partial charge >= 0.3 is 0 Å². The molecule has 0 unspecified atom stereocenters. The fraction of sp³-hybridized carbons (Fsp3) is 0.429. The third kappa shape index (κ3) is 2.48. The van der Waals surface area contributed by atoms with Crippen molar-refractivity contribution in [2.75, 3.05) is 6.54 Å². The van der Waals surface area contributed by atoms with Crippen LogP contribution in [0, 0.1) is 0 Å². The molecule has 1 aliphatic rings. The van der Waals surface area contributed by atoms with E-state index in [2.05, 4.69) is 30.4 Å². The molecular formula is C14H19N. The Labute approximate surface area is 92.0 Å².